The van der Waals surface area contributed by atoms with Crippen LogP contribution in [0.1, 0.15) is 36.5 Å². The van der Waals surface area contributed by atoms with Crippen LogP contribution in [0.3, 0.4) is 0 Å². The third-order valence-corrected chi connectivity index (χ3v) is 3.56. The van der Waals surface area contributed by atoms with Gasteiger partial charge in [0.1, 0.15) is 5.75 Å². The first-order chi connectivity index (χ1) is 12.5. The van der Waals surface area contributed by atoms with E-state index in [-0.39, 0.29) is 5.75 Å². The Balaban J connectivity index is 1.84. The molecule has 2 aromatic rings. The monoisotopic (exact) mass is 362 g/mol. The second kappa shape index (κ2) is 9.75. The summed E-state index contributed by atoms with van der Waals surface area (Å²) >= 11 is 0. The molecule has 0 saturated heterocycles. The Hall–Kier alpha value is -2.63. The van der Waals surface area contributed by atoms with Crippen molar-refractivity contribution in [3.05, 3.63) is 65.2 Å². The lowest BCUT2D eigenvalue weighted by Gasteiger charge is -2.08. The average molecular weight is 362 g/mol. The Morgan fingerprint density at radius 2 is 1.42 bits per heavy atom. The first-order valence-corrected chi connectivity index (χ1v) is 8.41. The standard InChI is InChI=1S/C20H21F3N2O/c1-2-3-4-16-5-7-17(8-6-16)13-24-25-14-18-9-11-19(12-10-18)26-15-20(21,22)23/h5-14H,2-4,15H2,1H3/b24-13+,25-14+. The van der Waals surface area contributed by atoms with Gasteiger partial charge in [-0.15, -0.1) is 0 Å². The maximum Gasteiger partial charge on any atom is 0.422 e. The van der Waals surface area contributed by atoms with Gasteiger partial charge in [0.25, 0.3) is 0 Å². The van der Waals surface area contributed by atoms with Crippen molar-refractivity contribution < 1.29 is 17.9 Å². The Labute approximate surface area is 151 Å². The molecule has 0 heterocycles. The van der Waals surface area contributed by atoms with Gasteiger partial charge >= 0.3 is 6.18 Å². The molecule has 0 aliphatic heterocycles. The van der Waals surface area contributed by atoms with Gasteiger partial charge in [-0.05, 0) is 53.8 Å². The smallest absolute Gasteiger partial charge is 0.422 e. The topological polar surface area (TPSA) is 34.0 Å². The molecule has 26 heavy (non-hydrogen) atoms. The molecule has 0 aliphatic carbocycles. The molecule has 6 heteroatoms. The number of aryl methyl sites for hydroxylation is 1. The van der Waals surface area contributed by atoms with E-state index in [9.17, 15) is 13.2 Å². The van der Waals surface area contributed by atoms with Crippen LogP contribution in [-0.2, 0) is 6.42 Å². The minimum atomic E-state index is -4.34. The first kappa shape index (κ1) is 19.7. The van der Waals surface area contributed by atoms with E-state index in [0.717, 1.165) is 17.5 Å². The van der Waals surface area contributed by atoms with E-state index < -0.39 is 12.8 Å². The molecule has 0 atom stereocenters. The Bertz CT molecular complexity index is 720. The van der Waals surface area contributed by atoms with Crippen molar-refractivity contribution >= 4 is 12.4 Å². The minimum Gasteiger partial charge on any atom is -0.484 e. The quantitative estimate of drug-likeness (QED) is 0.456. The number of halogens is 3. The molecule has 0 unspecified atom stereocenters. The van der Waals surface area contributed by atoms with Gasteiger partial charge in [-0.25, -0.2) is 0 Å². The second-order valence-electron chi connectivity index (χ2n) is 5.81. The van der Waals surface area contributed by atoms with E-state index in [2.05, 4.69) is 34.0 Å². The van der Waals surface area contributed by atoms with Crippen molar-refractivity contribution in [3.8, 4) is 5.75 Å². The number of ether oxygens (including phenoxy) is 1. The predicted molar refractivity (Wildman–Crippen MR) is 98.2 cm³/mol. The van der Waals surface area contributed by atoms with Crippen LogP contribution in [0.2, 0.25) is 0 Å². The number of benzene rings is 2. The van der Waals surface area contributed by atoms with Crippen molar-refractivity contribution in [2.75, 3.05) is 6.61 Å². The largest absolute Gasteiger partial charge is 0.484 e. The molecule has 0 aliphatic rings. The van der Waals surface area contributed by atoms with Gasteiger partial charge in [0.15, 0.2) is 6.61 Å². The van der Waals surface area contributed by atoms with Gasteiger partial charge in [0.05, 0.1) is 12.4 Å². The van der Waals surface area contributed by atoms with Gasteiger partial charge in [-0.2, -0.15) is 23.4 Å². The highest BCUT2D eigenvalue weighted by Crippen LogP contribution is 2.18. The van der Waals surface area contributed by atoms with Crippen LogP contribution < -0.4 is 4.74 Å². The summed E-state index contributed by atoms with van der Waals surface area (Å²) in [6.07, 6.45) is 2.27. The van der Waals surface area contributed by atoms with Crippen LogP contribution in [0.15, 0.2) is 58.7 Å². The summed E-state index contributed by atoms with van der Waals surface area (Å²) in [6, 6.07) is 14.3. The molecule has 0 spiro atoms. The predicted octanol–water partition coefficient (Wildman–Crippen LogP) is 5.42. The summed E-state index contributed by atoms with van der Waals surface area (Å²) in [7, 11) is 0. The lowest BCUT2D eigenvalue weighted by atomic mass is 10.1. The van der Waals surface area contributed by atoms with Gasteiger partial charge < -0.3 is 4.74 Å². The lowest BCUT2D eigenvalue weighted by Crippen LogP contribution is -2.19. The summed E-state index contributed by atoms with van der Waals surface area (Å²) in [6.45, 7) is 0.865. The fraction of sp³-hybridized carbons (Fsp3) is 0.300. The summed E-state index contributed by atoms with van der Waals surface area (Å²) < 4.78 is 40.9. The third-order valence-electron chi connectivity index (χ3n) is 3.56. The summed E-state index contributed by atoms with van der Waals surface area (Å²) in [4.78, 5) is 0. The molecule has 3 nitrogen and oxygen atoms in total. The van der Waals surface area contributed by atoms with Crippen LogP contribution in [0, 0.1) is 0 Å². The Morgan fingerprint density at radius 3 is 1.92 bits per heavy atom. The van der Waals surface area contributed by atoms with E-state index in [1.54, 1.807) is 18.3 Å². The van der Waals surface area contributed by atoms with Crippen molar-refractivity contribution in [3.63, 3.8) is 0 Å². The summed E-state index contributed by atoms with van der Waals surface area (Å²) in [5, 5.41) is 7.93. The van der Waals surface area contributed by atoms with E-state index in [1.165, 1.54) is 36.8 Å². The molecular formula is C20H21F3N2O. The Kier molecular flexibility index (Phi) is 7.38. The molecule has 0 N–H and O–H groups in total. The van der Waals surface area contributed by atoms with Gasteiger partial charge in [-0.1, -0.05) is 37.6 Å². The first-order valence-electron chi connectivity index (χ1n) is 8.41. The van der Waals surface area contributed by atoms with Crippen molar-refractivity contribution in [1.82, 2.24) is 0 Å². The molecule has 0 radical (unpaired) electrons. The number of hydrogen-bond acceptors (Lipinski definition) is 3. The molecule has 138 valence electrons. The second-order valence-corrected chi connectivity index (χ2v) is 5.81. The van der Waals surface area contributed by atoms with Gasteiger partial charge in [0, 0.05) is 0 Å². The molecule has 0 fully saturated rings. The van der Waals surface area contributed by atoms with Gasteiger partial charge in [-0.3, -0.25) is 0 Å². The maximum absolute atomic E-state index is 12.1. The molecule has 0 bridgehead atoms. The minimum absolute atomic E-state index is 0.158. The van der Waals surface area contributed by atoms with Gasteiger partial charge in [0.2, 0.25) is 0 Å². The highest BCUT2D eigenvalue weighted by atomic mass is 19.4. The lowest BCUT2D eigenvalue weighted by molar-refractivity contribution is -0.153. The zero-order chi connectivity index (χ0) is 18.8. The third kappa shape index (κ3) is 7.51. The average Bonchev–Trinajstić information content (AvgIpc) is 2.63. The molecule has 2 rings (SSSR count). The summed E-state index contributed by atoms with van der Waals surface area (Å²) in [5.74, 6) is 0.158. The van der Waals surface area contributed by atoms with Crippen LogP contribution in [0.5, 0.6) is 5.75 Å². The number of nitrogens with zero attached hydrogens (tertiary/aromatic N) is 2. The highest BCUT2D eigenvalue weighted by Gasteiger charge is 2.28. The number of unbranched alkanes of at least 4 members (excludes halogenated alkanes) is 1. The van der Waals surface area contributed by atoms with Crippen LogP contribution in [0.25, 0.3) is 0 Å². The van der Waals surface area contributed by atoms with E-state index >= 15 is 0 Å². The fourth-order valence-corrected chi connectivity index (χ4v) is 2.17. The van der Waals surface area contributed by atoms with E-state index in [0.29, 0.717) is 0 Å². The van der Waals surface area contributed by atoms with E-state index in [1.807, 2.05) is 12.1 Å². The number of rotatable bonds is 8. The zero-order valence-corrected chi connectivity index (χ0v) is 14.5. The molecule has 0 aromatic heterocycles. The van der Waals surface area contributed by atoms with Crippen molar-refractivity contribution in [2.24, 2.45) is 10.2 Å². The number of alkyl halides is 3. The van der Waals surface area contributed by atoms with Crippen LogP contribution >= 0.6 is 0 Å². The zero-order valence-electron chi connectivity index (χ0n) is 14.5. The highest BCUT2D eigenvalue weighted by molar-refractivity contribution is 5.82. The summed E-state index contributed by atoms with van der Waals surface area (Å²) in [5.41, 5.74) is 2.98. The molecule has 2 aromatic carbocycles. The SMILES string of the molecule is CCCCc1ccc(/C=N/N=C/c2ccc(OCC(F)(F)F)cc2)cc1. The number of hydrogen-bond donors (Lipinski definition) is 0. The van der Waals surface area contributed by atoms with E-state index in [4.69, 9.17) is 0 Å². The fourth-order valence-electron chi connectivity index (χ4n) is 2.17. The molecular weight excluding hydrogens is 341 g/mol. The van der Waals surface area contributed by atoms with Crippen LogP contribution in [-0.4, -0.2) is 25.2 Å². The Morgan fingerprint density at radius 1 is 0.885 bits per heavy atom. The maximum atomic E-state index is 12.1. The normalized spacial score (nSPS) is 12.2. The van der Waals surface area contributed by atoms with Crippen LogP contribution in [0.4, 0.5) is 13.2 Å². The molecule has 0 saturated carbocycles. The molecule has 0 amide bonds. The van der Waals surface area contributed by atoms with Crippen molar-refractivity contribution in [2.45, 2.75) is 32.4 Å². The van der Waals surface area contributed by atoms with Crippen molar-refractivity contribution in [1.29, 1.82) is 0 Å².